The molecule has 1 aromatic carbocycles. The summed E-state index contributed by atoms with van der Waals surface area (Å²) in [6.07, 6.45) is 0. The molecule has 84 valence electrons. The molecule has 0 aliphatic carbocycles. The highest BCUT2D eigenvalue weighted by Gasteiger charge is 2.22. The fraction of sp³-hybridized carbons (Fsp3) is 0.385. The Balaban J connectivity index is 2.04. The van der Waals surface area contributed by atoms with Crippen LogP contribution in [0.1, 0.15) is 11.6 Å². The smallest absolute Gasteiger partial charge is 0.0484 e. The van der Waals surface area contributed by atoms with E-state index in [1.165, 1.54) is 15.6 Å². The van der Waals surface area contributed by atoms with Crippen LogP contribution >= 0.6 is 11.3 Å². The Morgan fingerprint density at radius 1 is 1.38 bits per heavy atom. The van der Waals surface area contributed by atoms with Gasteiger partial charge >= 0.3 is 0 Å². The molecule has 1 unspecified atom stereocenters. The summed E-state index contributed by atoms with van der Waals surface area (Å²) in [7, 11) is 2.22. The van der Waals surface area contributed by atoms with Gasteiger partial charge in [0, 0.05) is 30.4 Å². The Kier molecular flexibility index (Phi) is 2.67. The lowest BCUT2D eigenvalue weighted by atomic mass is 10.0. The van der Waals surface area contributed by atoms with Crippen LogP contribution in [0, 0.1) is 0 Å². The van der Waals surface area contributed by atoms with E-state index in [1.807, 2.05) is 11.3 Å². The molecule has 1 atom stereocenters. The first-order valence-corrected chi connectivity index (χ1v) is 6.61. The van der Waals surface area contributed by atoms with Crippen LogP contribution in [0.2, 0.25) is 0 Å². The van der Waals surface area contributed by atoms with Gasteiger partial charge in [-0.2, -0.15) is 0 Å². The van der Waals surface area contributed by atoms with Crippen LogP contribution in [0.4, 0.5) is 0 Å². The van der Waals surface area contributed by atoms with Crippen molar-refractivity contribution in [1.82, 2.24) is 10.2 Å². The molecule has 1 saturated heterocycles. The highest BCUT2D eigenvalue weighted by molar-refractivity contribution is 7.17. The third kappa shape index (κ3) is 1.65. The van der Waals surface area contributed by atoms with E-state index in [9.17, 15) is 0 Å². The number of nitrogens with one attached hydrogen (secondary N) is 1. The van der Waals surface area contributed by atoms with Crippen LogP contribution < -0.4 is 5.32 Å². The average molecular weight is 232 g/mol. The zero-order valence-corrected chi connectivity index (χ0v) is 10.3. The number of hydrogen-bond donors (Lipinski definition) is 1. The van der Waals surface area contributed by atoms with E-state index in [-0.39, 0.29) is 0 Å². The molecule has 1 aliphatic heterocycles. The number of likely N-dealkylation sites (N-methyl/N-ethyl adjacent to an activating group) is 1. The van der Waals surface area contributed by atoms with E-state index in [4.69, 9.17) is 0 Å². The van der Waals surface area contributed by atoms with Crippen molar-refractivity contribution in [2.24, 2.45) is 0 Å². The Bertz CT molecular complexity index is 491. The van der Waals surface area contributed by atoms with Gasteiger partial charge in [-0.15, -0.1) is 11.3 Å². The minimum Gasteiger partial charge on any atom is -0.314 e. The molecule has 3 heteroatoms. The maximum Gasteiger partial charge on any atom is 0.0484 e. The number of fused-ring (bicyclic) bond motifs is 1. The van der Waals surface area contributed by atoms with Crippen LogP contribution in [0.5, 0.6) is 0 Å². The Morgan fingerprint density at radius 3 is 3.12 bits per heavy atom. The van der Waals surface area contributed by atoms with Gasteiger partial charge in [0.2, 0.25) is 0 Å². The predicted octanol–water partition coefficient (Wildman–Crippen LogP) is 2.48. The van der Waals surface area contributed by atoms with E-state index in [0.29, 0.717) is 6.04 Å². The summed E-state index contributed by atoms with van der Waals surface area (Å²) in [4.78, 5) is 2.45. The Hall–Kier alpha value is -0.900. The number of hydrogen-bond acceptors (Lipinski definition) is 3. The molecule has 3 rings (SSSR count). The van der Waals surface area contributed by atoms with Gasteiger partial charge in [-0.1, -0.05) is 18.2 Å². The first-order valence-electron chi connectivity index (χ1n) is 5.73. The van der Waals surface area contributed by atoms with Gasteiger partial charge in [-0.05, 0) is 29.4 Å². The number of rotatable bonds is 1. The second-order valence-electron chi connectivity index (χ2n) is 4.39. The molecule has 1 aromatic heterocycles. The molecule has 1 aliphatic rings. The third-order valence-electron chi connectivity index (χ3n) is 3.38. The number of thiophene rings is 1. The maximum atomic E-state index is 3.48. The van der Waals surface area contributed by atoms with Crippen molar-refractivity contribution in [3.8, 4) is 0 Å². The summed E-state index contributed by atoms with van der Waals surface area (Å²) in [5.41, 5.74) is 1.48. The second-order valence-corrected chi connectivity index (χ2v) is 5.30. The van der Waals surface area contributed by atoms with E-state index >= 15 is 0 Å². The van der Waals surface area contributed by atoms with Crippen LogP contribution in [0.25, 0.3) is 10.1 Å². The lowest BCUT2D eigenvalue weighted by molar-refractivity contribution is 0.204. The van der Waals surface area contributed by atoms with Gasteiger partial charge in [0.1, 0.15) is 0 Å². The quantitative estimate of drug-likeness (QED) is 0.812. The second kappa shape index (κ2) is 4.17. The zero-order chi connectivity index (χ0) is 11.0. The Morgan fingerprint density at radius 2 is 2.25 bits per heavy atom. The zero-order valence-electron chi connectivity index (χ0n) is 9.44. The molecule has 0 spiro atoms. The molecule has 2 aromatic rings. The molecule has 2 nitrogen and oxygen atoms in total. The minimum absolute atomic E-state index is 0.532. The molecule has 16 heavy (non-hydrogen) atoms. The summed E-state index contributed by atoms with van der Waals surface area (Å²) >= 11 is 1.86. The van der Waals surface area contributed by atoms with Crippen molar-refractivity contribution in [2.45, 2.75) is 6.04 Å². The van der Waals surface area contributed by atoms with Crippen molar-refractivity contribution in [3.63, 3.8) is 0 Å². The lowest BCUT2D eigenvalue weighted by Gasteiger charge is -2.33. The summed E-state index contributed by atoms with van der Waals surface area (Å²) in [5.74, 6) is 0. The summed E-state index contributed by atoms with van der Waals surface area (Å²) in [6.45, 7) is 3.31. The molecule has 0 amide bonds. The van der Waals surface area contributed by atoms with Gasteiger partial charge in [-0.25, -0.2) is 0 Å². The topological polar surface area (TPSA) is 15.3 Å². The minimum atomic E-state index is 0.532. The molecular weight excluding hydrogens is 216 g/mol. The van der Waals surface area contributed by atoms with Crippen molar-refractivity contribution in [2.75, 3.05) is 26.7 Å². The van der Waals surface area contributed by atoms with Gasteiger partial charge < -0.3 is 5.32 Å². The molecular formula is C13H16N2S. The van der Waals surface area contributed by atoms with Crippen LogP contribution in [-0.2, 0) is 0 Å². The standard InChI is InChI=1S/C13H16N2S/c1-15-7-6-14-8-12(15)11-9-16-13-5-3-2-4-10(11)13/h2-5,9,12,14H,6-8H2,1H3. The number of nitrogens with zero attached hydrogens (tertiary/aromatic N) is 1. The summed E-state index contributed by atoms with van der Waals surface area (Å²) in [6, 6.07) is 9.23. The van der Waals surface area contributed by atoms with Crippen molar-refractivity contribution in [1.29, 1.82) is 0 Å². The maximum absolute atomic E-state index is 3.48. The third-order valence-corrected chi connectivity index (χ3v) is 4.36. The van der Waals surface area contributed by atoms with Gasteiger partial charge in [0.25, 0.3) is 0 Å². The summed E-state index contributed by atoms with van der Waals surface area (Å²) in [5, 5.41) is 7.22. The van der Waals surface area contributed by atoms with Gasteiger partial charge in [0.15, 0.2) is 0 Å². The van der Waals surface area contributed by atoms with Crippen molar-refractivity contribution >= 4 is 21.4 Å². The number of benzene rings is 1. The van der Waals surface area contributed by atoms with Gasteiger partial charge in [0.05, 0.1) is 0 Å². The van der Waals surface area contributed by atoms with E-state index in [2.05, 4.69) is 46.9 Å². The lowest BCUT2D eigenvalue weighted by Crippen LogP contribution is -2.43. The summed E-state index contributed by atoms with van der Waals surface area (Å²) < 4.78 is 1.40. The van der Waals surface area contributed by atoms with Crippen LogP contribution in [-0.4, -0.2) is 31.6 Å². The number of piperazine rings is 1. The van der Waals surface area contributed by atoms with E-state index < -0.39 is 0 Å². The van der Waals surface area contributed by atoms with E-state index in [1.54, 1.807) is 0 Å². The SMILES string of the molecule is CN1CCNCC1c1csc2ccccc12. The molecule has 1 fully saturated rings. The fourth-order valence-electron chi connectivity index (χ4n) is 2.41. The monoisotopic (exact) mass is 232 g/mol. The van der Waals surface area contributed by atoms with Crippen molar-refractivity contribution < 1.29 is 0 Å². The normalized spacial score (nSPS) is 22.7. The predicted molar refractivity (Wildman–Crippen MR) is 70.1 cm³/mol. The molecule has 2 heterocycles. The van der Waals surface area contributed by atoms with Gasteiger partial charge in [-0.3, -0.25) is 4.90 Å². The van der Waals surface area contributed by atoms with Crippen molar-refractivity contribution in [3.05, 3.63) is 35.2 Å². The Labute approximate surface area is 99.9 Å². The first-order chi connectivity index (χ1) is 7.86. The van der Waals surface area contributed by atoms with Crippen LogP contribution in [0.15, 0.2) is 29.6 Å². The first kappa shape index (κ1) is 10.3. The van der Waals surface area contributed by atoms with E-state index in [0.717, 1.165) is 19.6 Å². The largest absolute Gasteiger partial charge is 0.314 e. The molecule has 0 radical (unpaired) electrons. The fourth-order valence-corrected chi connectivity index (χ4v) is 3.42. The average Bonchev–Trinajstić information content (AvgIpc) is 2.74. The molecule has 1 N–H and O–H groups in total. The highest BCUT2D eigenvalue weighted by atomic mass is 32.1. The molecule has 0 bridgehead atoms. The highest BCUT2D eigenvalue weighted by Crippen LogP contribution is 2.32. The molecule has 0 saturated carbocycles. The van der Waals surface area contributed by atoms with Crippen LogP contribution in [0.3, 0.4) is 0 Å².